The van der Waals surface area contributed by atoms with Crippen molar-refractivity contribution in [1.82, 2.24) is 35.1 Å². The molecule has 130 valence electrons. The average molecular weight is 347 g/mol. The maximum absolute atomic E-state index is 12.4. The molecule has 8 heteroatoms. The van der Waals surface area contributed by atoms with Crippen molar-refractivity contribution in [2.75, 3.05) is 6.54 Å². The third-order valence-corrected chi connectivity index (χ3v) is 4.08. The highest BCUT2D eigenvalue weighted by Gasteiger charge is 2.07. The number of rotatable bonds is 6. The van der Waals surface area contributed by atoms with E-state index in [1.165, 1.54) is 0 Å². The van der Waals surface area contributed by atoms with Gasteiger partial charge in [0, 0.05) is 24.3 Å². The second-order valence-corrected chi connectivity index (χ2v) is 5.83. The topological polar surface area (TPSA) is 90.5 Å². The Kier molecular flexibility index (Phi) is 4.38. The third kappa shape index (κ3) is 3.30. The lowest BCUT2D eigenvalue weighted by molar-refractivity contribution is 0.0952. The van der Waals surface area contributed by atoms with Crippen LogP contribution in [0.3, 0.4) is 0 Å². The Balaban J connectivity index is 1.34. The molecule has 0 saturated carbocycles. The van der Waals surface area contributed by atoms with Crippen molar-refractivity contribution in [2.45, 2.75) is 13.0 Å². The summed E-state index contributed by atoms with van der Waals surface area (Å²) in [6.07, 6.45) is 3.96. The summed E-state index contributed by atoms with van der Waals surface area (Å²) in [5, 5.41) is 18.8. The first-order chi connectivity index (χ1) is 12.8. The summed E-state index contributed by atoms with van der Waals surface area (Å²) in [6.45, 7) is 1.26. The molecule has 0 fully saturated rings. The van der Waals surface area contributed by atoms with Gasteiger partial charge >= 0.3 is 0 Å². The molecule has 8 nitrogen and oxygen atoms in total. The maximum Gasteiger partial charge on any atom is 0.251 e. The third-order valence-electron chi connectivity index (χ3n) is 4.08. The van der Waals surface area contributed by atoms with Crippen molar-refractivity contribution < 1.29 is 4.79 Å². The molecule has 4 rings (SSSR count). The zero-order chi connectivity index (χ0) is 17.8. The van der Waals surface area contributed by atoms with Gasteiger partial charge in [0.15, 0.2) is 0 Å². The van der Waals surface area contributed by atoms with Gasteiger partial charge in [0.2, 0.25) is 0 Å². The predicted octanol–water partition coefficient (Wildman–Crippen LogP) is 1.83. The van der Waals surface area contributed by atoms with E-state index < -0.39 is 0 Å². The van der Waals surface area contributed by atoms with Crippen molar-refractivity contribution in [1.29, 1.82) is 0 Å². The van der Waals surface area contributed by atoms with E-state index in [0.717, 1.165) is 23.1 Å². The van der Waals surface area contributed by atoms with Gasteiger partial charge in [-0.25, -0.2) is 4.68 Å². The number of nitrogens with one attached hydrogen (secondary N) is 1. The summed E-state index contributed by atoms with van der Waals surface area (Å²) in [5.41, 5.74) is 3.32. The van der Waals surface area contributed by atoms with Crippen LogP contribution in [0, 0.1) is 0 Å². The maximum atomic E-state index is 12.4. The molecule has 0 spiro atoms. The van der Waals surface area contributed by atoms with E-state index >= 15 is 0 Å². The number of carbonyl (C=O) groups is 1. The minimum atomic E-state index is -0.108. The number of nitrogens with zero attached hydrogens (tertiary/aromatic N) is 6. The quantitative estimate of drug-likeness (QED) is 0.537. The van der Waals surface area contributed by atoms with Crippen LogP contribution in [0.1, 0.15) is 16.8 Å². The standard InChI is InChI=1S/C18H17N7O/c26-18(14-5-3-6-15(11-14)24-12-20-21-13-24)19-9-4-10-25-17-8-2-1-7-16(17)22-23-25/h1-3,5-8,11-13H,4,9-10H2,(H,19,26). The molecule has 0 unspecified atom stereocenters. The van der Waals surface area contributed by atoms with E-state index in [0.29, 0.717) is 18.7 Å². The number of hydrogen-bond donors (Lipinski definition) is 1. The van der Waals surface area contributed by atoms with Gasteiger partial charge in [0.1, 0.15) is 18.2 Å². The van der Waals surface area contributed by atoms with Gasteiger partial charge in [-0.1, -0.05) is 23.4 Å². The zero-order valence-electron chi connectivity index (χ0n) is 14.0. The van der Waals surface area contributed by atoms with Gasteiger partial charge < -0.3 is 5.32 Å². The molecule has 2 heterocycles. The molecule has 0 radical (unpaired) electrons. The van der Waals surface area contributed by atoms with Gasteiger partial charge in [0.05, 0.1) is 5.52 Å². The number of para-hydroxylation sites is 1. The molecule has 2 aromatic heterocycles. The Morgan fingerprint density at radius 3 is 2.77 bits per heavy atom. The van der Waals surface area contributed by atoms with E-state index in [1.54, 1.807) is 23.3 Å². The largest absolute Gasteiger partial charge is 0.352 e. The van der Waals surface area contributed by atoms with Crippen LogP contribution >= 0.6 is 0 Å². The Morgan fingerprint density at radius 2 is 1.88 bits per heavy atom. The summed E-state index contributed by atoms with van der Waals surface area (Å²) in [4.78, 5) is 12.4. The number of carbonyl (C=O) groups excluding carboxylic acids is 1. The van der Waals surface area contributed by atoms with Gasteiger partial charge in [-0.3, -0.25) is 9.36 Å². The first-order valence-electron chi connectivity index (χ1n) is 8.33. The number of fused-ring (bicyclic) bond motifs is 1. The van der Waals surface area contributed by atoms with Crippen LogP contribution in [0.15, 0.2) is 61.2 Å². The zero-order valence-corrected chi connectivity index (χ0v) is 14.0. The normalized spacial score (nSPS) is 10.9. The van der Waals surface area contributed by atoms with Gasteiger partial charge in [0.25, 0.3) is 5.91 Å². The number of aromatic nitrogens is 6. The molecular formula is C18H17N7O. The van der Waals surface area contributed by atoms with Gasteiger partial charge in [-0.15, -0.1) is 15.3 Å². The van der Waals surface area contributed by atoms with Crippen LogP contribution in [0.25, 0.3) is 16.7 Å². The molecule has 0 atom stereocenters. The molecule has 4 aromatic rings. The van der Waals surface area contributed by atoms with Crippen LogP contribution in [0.5, 0.6) is 0 Å². The molecule has 2 aromatic carbocycles. The minimum absolute atomic E-state index is 0.108. The van der Waals surface area contributed by atoms with Crippen molar-refractivity contribution in [3.05, 3.63) is 66.7 Å². The van der Waals surface area contributed by atoms with Crippen LogP contribution < -0.4 is 5.32 Å². The second-order valence-electron chi connectivity index (χ2n) is 5.83. The van der Waals surface area contributed by atoms with Crippen molar-refractivity contribution in [2.24, 2.45) is 0 Å². The first kappa shape index (κ1) is 15.9. The van der Waals surface area contributed by atoms with E-state index in [9.17, 15) is 4.79 Å². The molecule has 0 aliphatic rings. The van der Waals surface area contributed by atoms with Gasteiger partial charge in [-0.05, 0) is 36.8 Å². The fourth-order valence-electron chi connectivity index (χ4n) is 2.76. The average Bonchev–Trinajstić information content (AvgIpc) is 3.35. The fraction of sp³-hybridized carbons (Fsp3) is 0.167. The van der Waals surface area contributed by atoms with Crippen LogP contribution in [-0.4, -0.2) is 42.2 Å². The highest BCUT2D eigenvalue weighted by atomic mass is 16.1. The summed E-state index contributed by atoms with van der Waals surface area (Å²) < 4.78 is 3.61. The fourth-order valence-corrected chi connectivity index (χ4v) is 2.76. The molecule has 0 saturated heterocycles. The van der Waals surface area contributed by atoms with Crippen molar-refractivity contribution in [3.8, 4) is 5.69 Å². The molecule has 1 N–H and O–H groups in total. The lowest BCUT2D eigenvalue weighted by Crippen LogP contribution is -2.25. The monoisotopic (exact) mass is 347 g/mol. The lowest BCUT2D eigenvalue weighted by atomic mass is 10.2. The molecule has 26 heavy (non-hydrogen) atoms. The highest BCUT2D eigenvalue weighted by molar-refractivity contribution is 5.94. The highest BCUT2D eigenvalue weighted by Crippen LogP contribution is 2.11. The summed E-state index contributed by atoms with van der Waals surface area (Å²) in [6, 6.07) is 15.2. The van der Waals surface area contributed by atoms with Gasteiger partial charge in [-0.2, -0.15) is 0 Å². The molecular weight excluding hydrogens is 330 g/mol. The summed E-state index contributed by atoms with van der Waals surface area (Å²) in [5.74, 6) is -0.108. The van der Waals surface area contributed by atoms with Crippen LogP contribution in [-0.2, 0) is 6.54 Å². The Hall–Kier alpha value is -3.55. The van der Waals surface area contributed by atoms with E-state index in [-0.39, 0.29) is 5.91 Å². The lowest BCUT2D eigenvalue weighted by Gasteiger charge is -2.07. The van der Waals surface area contributed by atoms with Crippen molar-refractivity contribution >= 4 is 16.9 Å². The molecule has 0 bridgehead atoms. The molecule has 0 aliphatic carbocycles. The predicted molar refractivity (Wildman–Crippen MR) is 95.8 cm³/mol. The SMILES string of the molecule is O=C(NCCCn1nnc2ccccc21)c1cccc(-n2cnnc2)c1. The van der Waals surface area contributed by atoms with Crippen LogP contribution in [0.4, 0.5) is 0 Å². The van der Waals surface area contributed by atoms with E-state index in [1.807, 2.05) is 47.1 Å². The smallest absolute Gasteiger partial charge is 0.251 e. The van der Waals surface area contributed by atoms with Crippen LogP contribution in [0.2, 0.25) is 0 Å². The number of amides is 1. The molecule has 1 amide bonds. The number of hydrogen-bond acceptors (Lipinski definition) is 5. The second kappa shape index (κ2) is 7.14. The van der Waals surface area contributed by atoms with E-state index in [4.69, 9.17) is 0 Å². The Morgan fingerprint density at radius 1 is 1.04 bits per heavy atom. The first-order valence-corrected chi connectivity index (χ1v) is 8.33. The van der Waals surface area contributed by atoms with E-state index in [2.05, 4.69) is 25.8 Å². The Labute approximate surface area is 149 Å². The summed E-state index contributed by atoms with van der Waals surface area (Å²) >= 11 is 0. The molecule has 0 aliphatic heterocycles. The van der Waals surface area contributed by atoms with Crippen molar-refractivity contribution in [3.63, 3.8) is 0 Å². The minimum Gasteiger partial charge on any atom is -0.352 e. The Bertz CT molecular complexity index is 1020. The number of benzene rings is 2. The summed E-state index contributed by atoms with van der Waals surface area (Å²) in [7, 11) is 0. The number of aryl methyl sites for hydroxylation is 1.